The fourth-order valence-corrected chi connectivity index (χ4v) is 1.97. The Morgan fingerprint density at radius 3 is 2.86 bits per heavy atom. The molecule has 0 heterocycles. The van der Waals surface area contributed by atoms with E-state index in [1.807, 2.05) is 25.1 Å². The van der Waals surface area contributed by atoms with Gasteiger partial charge in [0.15, 0.2) is 6.61 Å². The van der Waals surface area contributed by atoms with Crippen LogP contribution in [0.3, 0.4) is 0 Å². The molecule has 0 atom stereocenters. The Bertz CT molecular complexity index is 708. The highest BCUT2D eigenvalue weighted by Crippen LogP contribution is 2.21. The number of rotatable bonds is 4. The molecule has 4 nitrogen and oxygen atoms in total. The predicted molar refractivity (Wildman–Crippen MR) is 84.2 cm³/mol. The molecular weight excluding hydrogens is 332 g/mol. The van der Waals surface area contributed by atoms with Gasteiger partial charge in [0.1, 0.15) is 5.75 Å². The molecule has 2 rings (SSSR count). The van der Waals surface area contributed by atoms with Gasteiger partial charge >= 0.3 is 0 Å². The van der Waals surface area contributed by atoms with Crippen molar-refractivity contribution < 1.29 is 9.53 Å². The summed E-state index contributed by atoms with van der Waals surface area (Å²) in [6, 6.07) is 14.3. The molecule has 0 spiro atoms. The zero-order valence-corrected chi connectivity index (χ0v) is 13.0. The van der Waals surface area contributed by atoms with Crippen molar-refractivity contribution in [3.63, 3.8) is 0 Å². The van der Waals surface area contributed by atoms with Crippen molar-refractivity contribution in [1.29, 1.82) is 5.26 Å². The fourth-order valence-electron chi connectivity index (χ4n) is 1.72. The van der Waals surface area contributed by atoms with Crippen molar-refractivity contribution in [2.45, 2.75) is 6.92 Å². The monoisotopic (exact) mass is 344 g/mol. The van der Waals surface area contributed by atoms with Crippen LogP contribution in [-0.2, 0) is 4.79 Å². The molecule has 0 aliphatic carbocycles. The van der Waals surface area contributed by atoms with E-state index in [0.717, 1.165) is 10.0 Å². The van der Waals surface area contributed by atoms with Gasteiger partial charge in [-0.25, -0.2) is 0 Å². The molecule has 0 radical (unpaired) electrons. The van der Waals surface area contributed by atoms with Gasteiger partial charge in [-0.1, -0.05) is 22.0 Å². The zero-order chi connectivity index (χ0) is 15.2. The first kappa shape index (κ1) is 15.1. The van der Waals surface area contributed by atoms with Gasteiger partial charge in [0.05, 0.1) is 11.6 Å². The van der Waals surface area contributed by atoms with Crippen LogP contribution in [0.2, 0.25) is 0 Å². The number of carbonyl (C=O) groups is 1. The SMILES string of the molecule is Cc1cc(OCC(=O)Nc2cccc(C#N)c2)ccc1Br. The molecule has 0 aliphatic rings. The molecule has 21 heavy (non-hydrogen) atoms. The van der Waals surface area contributed by atoms with E-state index in [4.69, 9.17) is 10.00 Å². The number of ether oxygens (including phenoxy) is 1. The second-order valence-electron chi connectivity index (χ2n) is 4.44. The quantitative estimate of drug-likeness (QED) is 0.920. The van der Waals surface area contributed by atoms with Gasteiger partial charge in [-0.3, -0.25) is 4.79 Å². The molecule has 2 aromatic carbocycles. The summed E-state index contributed by atoms with van der Waals surface area (Å²) in [5.41, 5.74) is 2.11. The summed E-state index contributed by atoms with van der Waals surface area (Å²) >= 11 is 3.41. The minimum Gasteiger partial charge on any atom is -0.484 e. The van der Waals surface area contributed by atoms with E-state index >= 15 is 0 Å². The van der Waals surface area contributed by atoms with Crippen LogP contribution in [0.15, 0.2) is 46.9 Å². The van der Waals surface area contributed by atoms with E-state index in [1.54, 1.807) is 30.3 Å². The number of nitrogens with zero attached hydrogens (tertiary/aromatic N) is 1. The minimum atomic E-state index is -0.273. The number of carbonyl (C=O) groups excluding carboxylic acids is 1. The number of amides is 1. The number of benzene rings is 2. The maximum atomic E-state index is 11.8. The Morgan fingerprint density at radius 1 is 1.33 bits per heavy atom. The Balaban J connectivity index is 1.92. The van der Waals surface area contributed by atoms with Crippen LogP contribution >= 0.6 is 15.9 Å². The predicted octanol–water partition coefficient (Wildman–Crippen LogP) is 3.65. The Labute approximate surface area is 131 Å². The Hall–Kier alpha value is -2.32. The standard InChI is InChI=1S/C16H13BrN2O2/c1-11-7-14(5-6-15(11)17)21-10-16(20)19-13-4-2-3-12(8-13)9-18/h2-8H,10H2,1H3,(H,19,20). The van der Waals surface area contributed by atoms with E-state index in [-0.39, 0.29) is 12.5 Å². The smallest absolute Gasteiger partial charge is 0.262 e. The topological polar surface area (TPSA) is 62.1 Å². The van der Waals surface area contributed by atoms with Crippen LogP contribution in [-0.4, -0.2) is 12.5 Å². The number of hydrogen-bond acceptors (Lipinski definition) is 3. The summed E-state index contributed by atoms with van der Waals surface area (Å²) in [5.74, 6) is 0.363. The largest absolute Gasteiger partial charge is 0.484 e. The van der Waals surface area contributed by atoms with Crippen molar-refractivity contribution in [2.24, 2.45) is 0 Å². The molecule has 0 unspecified atom stereocenters. The van der Waals surface area contributed by atoms with Crippen molar-refractivity contribution in [3.8, 4) is 11.8 Å². The van der Waals surface area contributed by atoms with Crippen LogP contribution < -0.4 is 10.1 Å². The second-order valence-corrected chi connectivity index (χ2v) is 5.29. The number of anilines is 1. The van der Waals surface area contributed by atoms with Gasteiger partial charge in [0, 0.05) is 10.2 Å². The van der Waals surface area contributed by atoms with Gasteiger partial charge in [0.25, 0.3) is 5.91 Å². The fraction of sp³-hybridized carbons (Fsp3) is 0.125. The van der Waals surface area contributed by atoms with Gasteiger partial charge in [-0.2, -0.15) is 5.26 Å². The summed E-state index contributed by atoms with van der Waals surface area (Å²) < 4.78 is 6.43. The third-order valence-corrected chi connectivity index (χ3v) is 3.66. The second kappa shape index (κ2) is 6.91. The molecular formula is C16H13BrN2O2. The highest BCUT2D eigenvalue weighted by Gasteiger charge is 2.05. The van der Waals surface area contributed by atoms with Crippen molar-refractivity contribution in [3.05, 3.63) is 58.1 Å². The maximum Gasteiger partial charge on any atom is 0.262 e. The number of nitriles is 1. The van der Waals surface area contributed by atoms with Crippen LogP contribution in [0.4, 0.5) is 5.69 Å². The van der Waals surface area contributed by atoms with Crippen LogP contribution in [0, 0.1) is 18.3 Å². The summed E-state index contributed by atoms with van der Waals surface area (Å²) in [7, 11) is 0. The van der Waals surface area contributed by atoms with E-state index in [0.29, 0.717) is 17.0 Å². The van der Waals surface area contributed by atoms with Crippen molar-refractivity contribution in [2.75, 3.05) is 11.9 Å². The number of hydrogen-bond donors (Lipinski definition) is 1. The third kappa shape index (κ3) is 4.33. The van der Waals surface area contributed by atoms with E-state index in [1.165, 1.54) is 0 Å². The highest BCUT2D eigenvalue weighted by molar-refractivity contribution is 9.10. The molecule has 106 valence electrons. The zero-order valence-electron chi connectivity index (χ0n) is 11.4. The molecule has 0 aliphatic heterocycles. The van der Waals surface area contributed by atoms with E-state index in [2.05, 4.69) is 21.2 Å². The number of halogens is 1. The first-order valence-corrected chi connectivity index (χ1v) is 7.07. The molecule has 1 N–H and O–H groups in total. The lowest BCUT2D eigenvalue weighted by Crippen LogP contribution is -2.20. The average molecular weight is 345 g/mol. The summed E-state index contributed by atoms with van der Waals surface area (Å²) in [6.07, 6.45) is 0. The Morgan fingerprint density at radius 2 is 2.14 bits per heavy atom. The third-order valence-electron chi connectivity index (χ3n) is 2.77. The van der Waals surface area contributed by atoms with Gasteiger partial charge in [-0.15, -0.1) is 0 Å². The first-order chi connectivity index (χ1) is 10.1. The maximum absolute atomic E-state index is 11.8. The highest BCUT2D eigenvalue weighted by atomic mass is 79.9. The average Bonchev–Trinajstić information content (AvgIpc) is 2.48. The minimum absolute atomic E-state index is 0.0855. The van der Waals surface area contributed by atoms with E-state index < -0.39 is 0 Å². The van der Waals surface area contributed by atoms with E-state index in [9.17, 15) is 4.79 Å². The molecule has 1 amide bonds. The van der Waals surface area contributed by atoms with Gasteiger partial charge in [-0.05, 0) is 48.9 Å². The molecule has 0 aromatic heterocycles. The molecule has 5 heteroatoms. The van der Waals surface area contributed by atoms with Crippen molar-refractivity contribution in [1.82, 2.24) is 0 Å². The van der Waals surface area contributed by atoms with Gasteiger partial charge in [0.2, 0.25) is 0 Å². The molecule has 0 bridgehead atoms. The van der Waals surface area contributed by atoms with Crippen LogP contribution in [0.25, 0.3) is 0 Å². The molecule has 2 aromatic rings. The normalized spacial score (nSPS) is 9.76. The van der Waals surface area contributed by atoms with Gasteiger partial charge < -0.3 is 10.1 Å². The summed E-state index contributed by atoms with van der Waals surface area (Å²) in [6.45, 7) is 1.86. The molecule has 0 saturated carbocycles. The lowest BCUT2D eigenvalue weighted by Gasteiger charge is -2.09. The van der Waals surface area contributed by atoms with Crippen LogP contribution in [0.1, 0.15) is 11.1 Å². The lowest BCUT2D eigenvalue weighted by atomic mass is 10.2. The molecule has 0 fully saturated rings. The Kier molecular flexibility index (Phi) is 4.96. The van der Waals surface area contributed by atoms with Crippen molar-refractivity contribution >= 4 is 27.5 Å². The summed E-state index contributed by atoms with van der Waals surface area (Å²) in [5, 5.41) is 11.5. The first-order valence-electron chi connectivity index (χ1n) is 6.27. The molecule has 0 saturated heterocycles. The number of nitrogens with one attached hydrogen (secondary N) is 1. The van der Waals surface area contributed by atoms with Crippen LogP contribution in [0.5, 0.6) is 5.75 Å². The summed E-state index contributed by atoms with van der Waals surface area (Å²) in [4.78, 5) is 11.8. The number of aryl methyl sites for hydroxylation is 1. The lowest BCUT2D eigenvalue weighted by molar-refractivity contribution is -0.118.